The average Bonchev–Trinajstić information content (AvgIpc) is 2.54. The van der Waals surface area contributed by atoms with E-state index in [-0.39, 0.29) is 0 Å². The fourth-order valence-corrected chi connectivity index (χ4v) is 3.90. The van der Waals surface area contributed by atoms with E-state index < -0.39 is 0 Å². The van der Waals surface area contributed by atoms with Gasteiger partial charge in [0.1, 0.15) is 0 Å². The normalized spacial score (nSPS) is 29.5. The van der Waals surface area contributed by atoms with E-state index >= 15 is 0 Å². The van der Waals surface area contributed by atoms with Gasteiger partial charge in [0.2, 0.25) is 0 Å². The minimum absolute atomic E-state index is 0.468. The van der Waals surface area contributed by atoms with E-state index in [2.05, 4.69) is 53.2 Å². The van der Waals surface area contributed by atoms with Crippen LogP contribution in [-0.2, 0) is 6.42 Å². The number of piperazine rings is 3. The second-order valence-electron chi connectivity index (χ2n) is 6.43. The number of nitrogens with one attached hydrogen (secondary N) is 1. The van der Waals surface area contributed by atoms with Gasteiger partial charge in [-0.05, 0) is 24.1 Å². The first-order chi connectivity index (χ1) is 10.3. The molecule has 3 aliphatic rings. The summed E-state index contributed by atoms with van der Waals surface area (Å²) in [4.78, 5) is 5.32. The number of rotatable bonds is 6. The Labute approximate surface area is 129 Å². The zero-order valence-electron chi connectivity index (χ0n) is 13.5. The molecule has 0 aliphatic carbocycles. The first kappa shape index (κ1) is 15.0. The number of fused-ring (bicyclic) bond motifs is 3. The summed E-state index contributed by atoms with van der Waals surface area (Å²) in [6, 6.07) is 10.3. The van der Waals surface area contributed by atoms with Gasteiger partial charge < -0.3 is 5.32 Å². The molecule has 1 aromatic rings. The zero-order valence-corrected chi connectivity index (χ0v) is 13.5. The number of hydrogen-bond donors (Lipinski definition) is 1. The van der Waals surface area contributed by atoms with Gasteiger partial charge in [-0.25, -0.2) is 0 Å². The molecule has 0 amide bonds. The van der Waals surface area contributed by atoms with Crippen LogP contribution in [0.4, 0.5) is 0 Å². The minimum atomic E-state index is 0.468. The quantitative estimate of drug-likeness (QED) is 0.866. The molecular weight excluding hydrogens is 258 g/mol. The Balaban J connectivity index is 1.82. The third kappa shape index (κ3) is 3.31. The van der Waals surface area contributed by atoms with E-state index in [1.807, 2.05) is 0 Å². The number of benzene rings is 1. The molecule has 3 heterocycles. The maximum atomic E-state index is 3.75. The van der Waals surface area contributed by atoms with Gasteiger partial charge in [0.05, 0.1) is 0 Å². The van der Waals surface area contributed by atoms with Crippen LogP contribution in [0, 0.1) is 0 Å². The molecule has 3 aliphatic heterocycles. The maximum Gasteiger partial charge on any atom is 0.0490 e. The highest BCUT2D eigenvalue weighted by molar-refractivity contribution is 5.28. The Kier molecular flexibility index (Phi) is 4.94. The van der Waals surface area contributed by atoms with Gasteiger partial charge in [-0.2, -0.15) is 0 Å². The number of hydrogen-bond acceptors (Lipinski definition) is 3. The lowest BCUT2D eigenvalue weighted by Crippen LogP contribution is -2.63. The summed E-state index contributed by atoms with van der Waals surface area (Å²) in [5.41, 5.74) is 2.95. The van der Waals surface area contributed by atoms with Crippen molar-refractivity contribution in [2.75, 3.05) is 39.3 Å². The van der Waals surface area contributed by atoms with Crippen LogP contribution in [0.5, 0.6) is 0 Å². The van der Waals surface area contributed by atoms with Crippen molar-refractivity contribution in [3.8, 4) is 0 Å². The average molecular weight is 287 g/mol. The summed E-state index contributed by atoms with van der Waals surface area (Å²) in [5, 5.41) is 3.75. The Morgan fingerprint density at radius 3 is 2.62 bits per heavy atom. The van der Waals surface area contributed by atoms with Crippen LogP contribution >= 0.6 is 0 Å². The smallest absolute Gasteiger partial charge is 0.0490 e. The molecule has 0 saturated carbocycles. The lowest BCUT2D eigenvalue weighted by Gasteiger charge is -2.50. The third-order valence-electron chi connectivity index (χ3n) is 4.98. The standard InChI is InChI=1S/C18H29N3/c1-3-6-15-7-5-8-16(13-15)18(19-4-2)17-14-20-9-11-21(17)12-10-20/h5,7-8,13,17-19H,3-4,6,9-12,14H2,1-2H3. The molecular formula is C18H29N3. The van der Waals surface area contributed by atoms with Gasteiger partial charge in [-0.15, -0.1) is 0 Å². The monoisotopic (exact) mass is 287 g/mol. The molecule has 3 heteroatoms. The molecule has 0 spiro atoms. The Morgan fingerprint density at radius 2 is 2.00 bits per heavy atom. The van der Waals surface area contributed by atoms with E-state index in [0.29, 0.717) is 12.1 Å². The summed E-state index contributed by atoms with van der Waals surface area (Å²) in [5.74, 6) is 0. The molecule has 3 fully saturated rings. The van der Waals surface area contributed by atoms with Crippen molar-refractivity contribution in [3.05, 3.63) is 35.4 Å². The van der Waals surface area contributed by atoms with Gasteiger partial charge in [0.25, 0.3) is 0 Å². The zero-order chi connectivity index (χ0) is 14.7. The summed E-state index contributed by atoms with van der Waals surface area (Å²) in [7, 11) is 0. The Bertz CT molecular complexity index is 452. The molecule has 3 saturated heterocycles. The van der Waals surface area contributed by atoms with Crippen LogP contribution in [0.1, 0.15) is 37.4 Å². The fraction of sp³-hybridized carbons (Fsp3) is 0.667. The molecule has 3 nitrogen and oxygen atoms in total. The van der Waals surface area contributed by atoms with Gasteiger partial charge in [0, 0.05) is 44.8 Å². The fourth-order valence-electron chi connectivity index (χ4n) is 3.90. The maximum absolute atomic E-state index is 3.75. The highest BCUT2D eigenvalue weighted by atomic mass is 15.4. The number of nitrogens with zero attached hydrogens (tertiary/aromatic N) is 2. The topological polar surface area (TPSA) is 18.5 Å². The highest BCUT2D eigenvalue weighted by Gasteiger charge is 2.37. The van der Waals surface area contributed by atoms with E-state index in [9.17, 15) is 0 Å². The molecule has 1 N–H and O–H groups in total. The molecule has 0 radical (unpaired) electrons. The van der Waals surface area contributed by atoms with Crippen molar-refractivity contribution in [2.24, 2.45) is 0 Å². The van der Waals surface area contributed by atoms with Crippen molar-refractivity contribution in [2.45, 2.75) is 38.8 Å². The number of likely N-dealkylation sites (N-methyl/N-ethyl adjacent to an activating group) is 1. The molecule has 21 heavy (non-hydrogen) atoms. The lowest BCUT2D eigenvalue weighted by atomic mass is 9.92. The molecule has 2 atom stereocenters. The summed E-state index contributed by atoms with van der Waals surface area (Å²) in [6.07, 6.45) is 2.41. The molecule has 116 valence electrons. The molecule has 1 aromatic carbocycles. The van der Waals surface area contributed by atoms with Crippen molar-refractivity contribution in [1.29, 1.82) is 0 Å². The molecule has 4 rings (SSSR count). The predicted octanol–water partition coefficient (Wildman–Crippen LogP) is 2.29. The molecule has 0 aromatic heterocycles. The first-order valence-electron chi connectivity index (χ1n) is 8.60. The van der Waals surface area contributed by atoms with Crippen LogP contribution in [0.15, 0.2) is 24.3 Å². The molecule has 2 bridgehead atoms. The van der Waals surface area contributed by atoms with Crippen molar-refractivity contribution in [1.82, 2.24) is 15.1 Å². The van der Waals surface area contributed by atoms with E-state index in [4.69, 9.17) is 0 Å². The van der Waals surface area contributed by atoms with Gasteiger partial charge >= 0.3 is 0 Å². The van der Waals surface area contributed by atoms with E-state index in [0.717, 1.165) is 6.54 Å². The Hall–Kier alpha value is -0.900. The Morgan fingerprint density at radius 1 is 1.19 bits per heavy atom. The van der Waals surface area contributed by atoms with Crippen molar-refractivity contribution in [3.63, 3.8) is 0 Å². The van der Waals surface area contributed by atoms with Gasteiger partial charge in [-0.3, -0.25) is 9.80 Å². The van der Waals surface area contributed by atoms with Crippen LogP contribution in [0.25, 0.3) is 0 Å². The van der Waals surface area contributed by atoms with Crippen molar-refractivity contribution >= 4 is 0 Å². The van der Waals surface area contributed by atoms with Crippen LogP contribution < -0.4 is 5.32 Å². The van der Waals surface area contributed by atoms with E-state index in [1.165, 1.54) is 56.7 Å². The van der Waals surface area contributed by atoms with Crippen LogP contribution in [0.2, 0.25) is 0 Å². The summed E-state index contributed by atoms with van der Waals surface area (Å²) >= 11 is 0. The molecule has 2 unspecified atom stereocenters. The second-order valence-corrected chi connectivity index (χ2v) is 6.43. The third-order valence-corrected chi connectivity index (χ3v) is 4.98. The van der Waals surface area contributed by atoms with E-state index in [1.54, 1.807) is 0 Å². The minimum Gasteiger partial charge on any atom is -0.309 e. The largest absolute Gasteiger partial charge is 0.309 e. The highest BCUT2D eigenvalue weighted by Crippen LogP contribution is 2.28. The SMILES string of the molecule is CCCc1cccc(C(NCC)C2CN3CCN2CC3)c1. The number of aryl methyl sites for hydroxylation is 1. The second kappa shape index (κ2) is 6.91. The lowest BCUT2D eigenvalue weighted by molar-refractivity contribution is -0.00344. The summed E-state index contributed by atoms with van der Waals surface area (Å²) < 4.78 is 0. The van der Waals surface area contributed by atoms with Crippen LogP contribution in [0.3, 0.4) is 0 Å². The predicted molar refractivity (Wildman–Crippen MR) is 88.7 cm³/mol. The first-order valence-corrected chi connectivity index (χ1v) is 8.60. The summed E-state index contributed by atoms with van der Waals surface area (Å²) in [6.45, 7) is 11.7. The van der Waals surface area contributed by atoms with Crippen molar-refractivity contribution < 1.29 is 0 Å². The van der Waals surface area contributed by atoms with Crippen LogP contribution in [-0.4, -0.2) is 55.1 Å². The van der Waals surface area contributed by atoms with Gasteiger partial charge in [0.15, 0.2) is 0 Å². The van der Waals surface area contributed by atoms with Gasteiger partial charge in [-0.1, -0.05) is 44.5 Å².